The Kier molecular flexibility index (Phi) is 7.23. The second-order valence-electron chi connectivity index (χ2n) is 9.38. The summed E-state index contributed by atoms with van der Waals surface area (Å²) >= 11 is 0. The number of H-pyrrole nitrogens is 1. The largest absolute Gasteiger partial charge is 0.357 e. The molecule has 0 aliphatic carbocycles. The van der Waals surface area contributed by atoms with Crippen molar-refractivity contribution in [3.05, 3.63) is 64.3 Å². The van der Waals surface area contributed by atoms with E-state index in [9.17, 15) is 9.59 Å². The van der Waals surface area contributed by atoms with Gasteiger partial charge < -0.3 is 20.1 Å². The molecule has 5 rings (SSSR count). The van der Waals surface area contributed by atoms with Gasteiger partial charge in [-0.15, -0.1) is 0 Å². The number of hydrogen-bond acceptors (Lipinski definition) is 6. The molecular formula is C26H33N7O2. The van der Waals surface area contributed by atoms with Crippen molar-refractivity contribution in [3.8, 4) is 0 Å². The zero-order chi connectivity index (χ0) is 24.0. The first-order valence-electron chi connectivity index (χ1n) is 12.6. The third kappa shape index (κ3) is 5.79. The van der Waals surface area contributed by atoms with E-state index in [4.69, 9.17) is 0 Å². The Bertz CT molecular complexity index is 1190. The van der Waals surface area contributed by atoms with Crippen LogP contribution in [0.15, 0.2) is 47.4 Å². The molecule has 2 amide bonds. The van der Waals surface area contributed by atoms with Crippen molar-refractivity contribution in [2.24, 2.45) is 0 Å². The Balaban J connectivity index is 1.09. The monoisotopic (exact) mass is 475 g/mol. The number of piperazine rings is 1. The summed E-state index contributed by atoms with van der Waals surface area (Å²) in [6.07, 6.45) is 6.92. The van der Waals surface area contributed by atoms with Gasteiger partial charge in [-0.25, -0.2) is 14.8 Å². The number of nitrogens with one attached hydrogen (secondary N) is 2. The predicted octanol–water partition coefficient (Wildman–Crippen LogP) is 2.73. The summed E-state index contributed by atoms with van der Waals surface area (Å²) in [7, 11) is 0. The van der Waals surface area contributed by atoms with Crippen molar-refractivity contribution >= 4 is 22.8 Å². The molecule has 1 aromatic carbocycles. The molecule has 4 heterocycles. The summed E-state index contributed by atoms with van der Waals surface area (Å²) in [5, 5.41) is 3.63. The summed E-state index contributed by atoms with van der Waals surface area (Å²) < 4.78 is 0. The molecule has 0 radical (unpaired) electrons. The van der Waals surface area contributed by atoms with Crippen molar-refractivity contribution in [1.82, 2.24) is 30.1 Å². The van der Waals surface area contributed by atoms with Gasteiger partial charge in [0.1, 0.15) is 11.6 Å². The van der Waals surface area contributed by atoms with Crippen LogP contribution in [0.3, 0.4) is 0 Å². The number of para-hydroxylation sites is 1. The number of aromatic nitrogens is 3. The number of carbonyl (C=O) groups is 1. The summed E-state index contributed by atoms with van der Waals surface area (Å²) in [5.74, 6) is 1.68. The van der Waals surface area contributed by atoms with E-state index in [0.717, 1.165) is 37.6 Å². The van der Waals surface area contributed by atoms with Gasteiger partial charge in [0.05, 0.1) is 17.4 Å². The van der Waals surface area contributed by atoms with Crippen LogP contribution in [0.2, 0.25) is 0 Å². The molecule has 2 aromatic heterocycles. The van der Waals surface area contributed by atoms with E-state index in [2.05, 4.69) is 42.2 Å². The number of fused-ring (bicyclic) bond motifs is 1. The molecule has 9 nitrogen and oxygen atoms in total. The fourth-order valence-corrected chi connectivity index (χ4v) is 4.83. The van der Waals surface area contributed by atoms with Gasteiger partial charge in [-0.2, -0.15) is 0 Å². The average molecular weight is 476 g/mol. The molecule has 2 aliphatic heterocycles. The second-order valence-corrected chi connectivity index (χ2v) is 9.38. The highest BCUT2D eigenvalue weighted by atomic mass is 16.2. The minimum Gasteiger partial charge on any atom is -0.357 e. The Hall–Kier alpha value is -3.46. The zero-order valence-electron chi connectivity index (χ0n) is 20.1. The van der Waals surface area contributed by atoms with Gasteiger partial charge in [0.15, 0.2) is 0 Å². The van der Waals surface area contributed by atoms with Gasteiger partial charge in [0.25, 0.3) is 5.56 Å². The number of rotatable bonds is 5. The normalized spacial score (nSPS) is 17.4. The van der Waals surface area contributed by atoms with Crippen LogP contribution in [0.5, 0.6) is 0 Å². The molecule has 2 fully saturated rings. The Labute approximate surface area is 205 Å². The topological polar surface area (TPSA) is 97.5 Å². The number of carbonyl (C=O) groups excluding carboxylic acids is 1. The lowest BCUT2D eigenvalue weighted by molar-refractivity contribution is 0.133. The van der Waals surface area contributed by atoms with E-state index in [1.807, 2.05) is 29.3 Å². The second kappa shape index (κ2) is 10.9. The summed E-state index contributed by atoms with van der Waals surface area (Å²) in [4.78, 5) is 43.5. The number of anilines is 1. The molecular weight excluding hydrogens is 442 g/mol. The summed E-state index contributed by atoms with van der Waals surface area (Å²) in [6, 6.07) is 11.4. The molecule has 2 N–H and O–H groups in total. The Morgan fingerprint density at radius 1 is 0.943 bits per heavy atom. The van der Waals surface area contributed by atoms with Crippen molar-refractivity contribution in [1.29, 1.82) is 0 Å². The van der Waals surface area contributed by atoms with Crippen molar-refractivity contribution in [3.63, 3.8) is 0 Å². The van der Waals surface area contributed by atoms with Crippen LogP contribution in [0, 0.1) is 0 Å². The lowest BCUT2D eigenvalue weighted by Gasteiger charge is -2.34. The maximum absolute atomic E-state index is 12.7. The lowest BCUT2D eigenvalue weighted by atomic mass is 10.2. The molecule has 0 atom stereocenters. The minimum absolute atomic E-state index is 0.0570. The number of benzene rings is 1. The van der Waals surface area contributed by atoms with Crippen LogP contribution < -0.4 is 15.8 Å². The smallest absolute Gasteiger partial charge is 0.317 e. The molecule has 0 saturated carbocycles. The van der Waals surface area contributed by atoms with E-state index in [0.29, 0.717) is 42.9 Å². The maximum Gasteiger partial charge on any atom is 0.317 e. The fourth-order valence-electron chi connectivity index (χ4n) is 4.83. The first-order chi connectivity index (χ1) is 17.2. The predicted molar refractivity (Wildman–Crippen MR) is 136 cm³/mol. The Morgan fingerprint density at radius 2 is 1.71 bits per heavy atom. The van der Waals surface area contributed by atoms with Gasteiger partial charge >= 0.3 is 6.03 Å². The number of urea groups is 1. The zero-order valence-corrected chi connectivity index (χ0v) is 20.1. The van der Waals surface area contributed by atoms with Gasteiger partial charge in [-0.3, -0.25) is 9.69 Å². The van der Waals surface area contributed by atoms with Crippen LogP contribution in [0.25, 0.3) is 10.9 Å². The molecule has 2 saturated heterocycles. The van der Waals surface area contributed by atoms with E-state index in [1.54, 1.807) is 6.07 Å². The third-order valence-electron chi connectivity index (χ3n) is 6.88. The minimum atomic E-state index is -0.113. The van der Waals surface area contributed by atoms with Crippen LogP contribution in [0.1, 0.15) is 37.1 Å². The highest BCUT2D eigenvalue weighted by molar-refractivity contribution is 5.77. The SMILES string of the molecule is O=C(NCc1ccc(N2CCCCCC2)nc1)N1CCN(Cc2nc3ccccc3c(=O)[nH]2)CC1. The number of amides is 2. The molecule has 3 aromatic rings. The van der Waals surface area contributed by atoms with Crippen LogP contribution in [0.4, 0.5) is 10.6 Å². The van der Waals surface area contributed by atoms with E-state index in [-0.39, 0.29) is 11.6 Å². The standard InChI is InChI=1S/C26H33N7O2/c34-25-21-7-3-4-8-22(21)29-23(30-25)19-31-13-15-33(16-14-31)26(35)28-18-20-9-10-24(27-17-20)32-11-5-1-2-6-12-32/h3-4,7-10,17H,1-2,5-6,11-16,18-19H2,(H,28,35)(H,29,30,34). The van der Waals surface area contributed by atoms with Crippen molar-refractivity contribution in [2.75, 3.05) is 44.2 Å². The molecule has 35 heavy (non-hydrogen) atoms. The highest BCUT2D eigenvalue weighted by Crippen LogP contribution is 2.17. The van der Waals surface area contributed by atoms with E-state index >= 15 is 0 Å². The molecule has 0 unspecified atom stereocenters. The van der Waals surface area contributed by atoms with E-state index < -0.39 is 0 Å². The van der Waals surface area contributed by atoms with Crippen LogP contribution in [-0.4, -0.2) is 70.1 Å². The number of pyridine rings is 1. The quantitative estimate of drug-likeness (QED) is 0.589. The van der Waals surface area contributed by atoms with Gasteiger partial charge in [0, 0.05) is 52.0 Å². The lowest BCUT2D eigenvalue weighted by Crippen LogP contribution is -2.51. The maximum atomic E-state index is 12.7. The van der Waals surface area contributed by atoms with Crippen molar-refractivity contribution in [2.45, 2.75) is 38.8 Å². The van der Waals surface area contributed by atoms with E-state index in [1.165, 1.54) is 25.7 Å². The first-order valence-corrected chi connectivity index (χ1v) is 12.6. The first kappa shape index (κ1) is 23.3. The van der Waals surface area contributed by atoms with Crippen molar-refractivity contribution < 1.29 is 4.79 Å². The highest BCUT2D eigenvalue weighted by Gasteiger charge is 2.22. The fraction of sp³-hybridized carbons (Fsp3) is 0.462. The molecule has 0 spiro atoms. The molecule has 9 heteroatoms. The van der Waals surface area contributed by atoms with Crippen LogP contribution >= 0.6 is 0 Å². The van der Waals surface area contributed by atoms with Gasteiger partial charge in [0.2, 0.25) is 0 Å². The number of aromatic amines is 1. The average Bonchev–Trinajstić information content (AvgIpc) is 3.18. The molecule has 2 aliphatic rings. The molecule has 0 bridgehead atoms. The third-order valence-corrected chi connectivity index (χ3v) is 6.88. The number of nitrogens with zero attached hydrogens (tertiary/aromatic N) is 5. The summed E-state index contributed by atoms with van der Waals surface area (Å²) in [5.41, 5.74) is 1.60. The summed E-state index contributed by atoms with van der Waals surface area (Å²) in [6.45, 7) is 5.90. The van der Waals surface area contributed by atoms with Crippen LogP contribution in [-0.2, 0) is 13.1 Å². The van der Waals surface area contributed by atoms with Gasteiger partial charge in [-0.05, 0) is 36.6 Å². The number of hydrogen-bond donors (Lipinski definition) is 2. The Morgan fingerprint density at radius 3 is 2.46 bits per heavy atom. The van der Waals surface area contributed by atoms with Gasteiger partial charge in [-0.1, -0.05) is 31.0 Å². The molecule has 184 valence electrons.